The standard InChI is InChI=1S/C21H31N3O5S/c1-21(2,3)20(26)23-10-8-17(9-11-23)22-19(25)16-4-6-18(7-5-16)30(27,28)24-12-14-29-15-13-24/h4-7,17H,8-15H2,1-3H3,(H,22,25). The fourth-order valence-electron chi connectivity index (χ4n) is 3.68. The van der Waals surface area contributed by atoms with Crippen LogP contribution >= 0.6 is 0 Å². The first-order chi connectivity index (χ1) is 14.1. The predicted molar refractivity (Wildman–Crippen MR) is 113 cm³/mol. The number of rotatable bonds is 4. The molecule has 2 saturated heterocycles. The van der Waals surface area contributed by atoms with Gasteiger partial charge >= 0.3 is 0 Å². The number of likely N-dealkylation sites (tertiary alicyclic amines) is 1. The van der Waals surface area contributed by atoms with Crippen LogP contribution in [0.3, 0.4) is 0 Å². The Balaban J connectivity index is 1.56. The van der Waals surface area contributed by atoms with Gasteiger partial charge in [0, 0.05) is 43.2 Å². The smallest absolute Gasteiger partial charge is 0.251 e. The summed E-state index contributed by atoms with van der Waals surface area (Å²) in [5, 5.41) is 3.00. The normalized spacial score (nSPS) is 19.5. The maximum Gasteiger partial charge on any atom is 0.251 e. The minimum Gasteiger partial charge on any atom is -0.379 e. The van der Waals surface area contributed by atoms with Gasteiger partial charge in [0.1, 0.15) is 0 Å². The van der Waals surface area contributed by atoms with Crippen LogP contribution in [-0.2, 0) is 19.6 Å². The van der Waals surface area contributed by atoms with Crippen LogP contribution in [0.25, 0.3) is 0 Å². The number of sulfonamides is 1. The number of nitrogens with one attached hydrogen (secondary N) is 1. The Kier molecular flexibility index (Phi) is 6.84. The lowest BCUT2D eigenvalue weighted by Gasteiger charge is -2.36. The van der Waals surface area contributed by atoms with E-state index in [1.54, 1.807) is 12.1 Å². The van der Waals surface area contributed by atoms with Gasteiger partial charge in [-0.15, -0.1) is 0 Å². The molecule has 166 valence electrons. The van der Waals surface area contributed by atoms with Crippen molar-refractivity contribution >= 4 is 21.8 Å². The summed E-state index contributed by atoms with van der Waals surface area (Å²) in [5.41, 5.74) is 0.0171. The maximum atomic E-state index is 12.7. The predicted octanol–water partition coefficient (Wildman–Crippen LogP) is 1.47. The summed E-state index contributed by atoms with van der Waals surface area (Å²) in [5.74, 6) is -0.102. The molecule has 2 aliphatic rings. The highest BCUT2D eigenvalue weighted by molar-refractivity contribution is 7.89. The molecule has 8 nitrogen and oxygen atoms in total. The second-order valence-electron chi connectivity index (χ2n) is 8.83. The molecule has 0 unspecified atom stereocenters. The van der Waals surface area contributed by atoms with E-state index in [4.69, 9.17) is 4.74 Å². The molecule has 2 amide bonds. The lowest BCUT2D eigenvalue weighted by molar-refractivity contribution is -0.140. The summed E-state index contributed by atoms with van der Waals surface area (Å²) in [7, 11) is -3.57. The fraction of sp³-hybridized carbons (Fsp3) is 0.619. The van der Waals surface area contributed by atoms with E-state index in [1.165, 1.54) is 16.4 Å². The average Bonchev–Trinajstić information content (AvgIpc) is 2.74. The lowest BCUT2D eigenvalue weighted by Crippen LogP contribution is -2.49. The third-order valence-electron chi connectivity index (χ3n) is 5.48. The Morgan fingerprint density at radius 2 is 1.57 bits per heavy atom. The number of morpholine rings is 1. The number of carbonyl (C=O) groups is 2. The van der Waals surface area contributed by atoms with Crippen molar-refractivity contribution in [2.45, 2.75) is 44.6 Å². The number of amides is 2. The first kappa shape index (κ1) is 22.7. The highest BCUT2D eigenvalue weighted by atomic mass is 32.2. The van der Waals surface area contributed by atoms with Crippen molar-refractivity contribution in [3.8, 4) is 0 Å². The van der Waals surface area contributed by atoms with Crippen LogP contribution < -0.4 is 5.32 Å². The SMILES string of the molecule is CC(C)(C)C(=O)N1CCC(NC(=O)c2ccc(S(=O)(=O)N3CCOCC3)cc2)CC1. The molecular weight excluding hydrogens is 406 g/mol. The van der Waals surface area contributed by atoms with Gasteiger partial charge < -0.3 is 15.0 Å². The van der Waals surface area contributed by atoms with Crippen molar-refractivity contribution in [1.82, 2.24) is 14.5 Å². The van der Waals surface area contributed by atoms with E-state index in [1.807, 2.05) is 25.7 Å². The van der Waals surface area contributed by atoms with Gasteiger partial charge in [0.2, 0.25) is 15.9 Å². The molecule has 1 N–H and O–H groups in total. The molecule has 2 fully saturated rings. The molecule has 3 rings (SSSR count). The minimum absolute atomic E-state index is 0.00159. The lowest BCUT2D eigenvalue weighted by atomic mass is 9.93. The number of ether oxygens (including phenoxy) is 1. The summed E-state index contributed by atoms with van der Waals surface area (Å²) < 4.78 is 32.0. The molecule has 0 radical (unpaired) electrons. The van der Waals surface area contributed by atoms with Crippen molar-refractivity contribution in [3.05, 3.63) is 29.8 Å². The van der Waals surface area contributed by atoms with Gasteiger partial charge in [0.05, 0.1) is 18.1 Å². The first-order valence-electron chi connectivity index (χ1n) is 10.4. The molecule has 0 spiro atoms. The van der Waals surface area contributed by atoms with Crippen molar-refractivity contribution in [2.75, 3.05) is 39.4 Å². The number of carbonyl (C=O) groups excluding carboxylic acids is 2. The molecule has 9 heteroatoms. The zero-order valence-corrected chi connectivity index (χ0v) is 18.7. The van der Waals surface area contributed by atoms with Gasteiger partial charge in [-0.3, -0.25) is 9.59 Å². The zero-order valence-electron chi connectivity index (χ0n) is 17.9. The van der Waals surface area contributed by atoms with Crippen LogP contribution in [0.1, 0.15) is 44.0 Å². The fourth-order valence-corrected chi connectivity index (χ4v) is 5.09. The monoisotopic (exact) mass is 437 g/mol. The van der Waals surface area contributed by atoms with Crippen LogP contribution in [0.15, 0.2) is 29.2 Å². The second-order valence-corrected chi connectivity index (χ2v) is 10.8. The molecule has 2 heterocycles. The van der Waals surface area contributed by atoms with E-state index >= 15 is 0 Å². The molecule has 30 heavy (non-hydrogen) atoms. The Morgan fingerprint density at radius 3 is 2.10 bits per heavy atom. The third kappa shape index (κ3) is 5.19. The Labute approximate surface area is 178 Å². The number of piperidine rings is 1. The summed E-state index contributed by atoms with van der Waals surface area (Å²) in [6.45, 7) is 8.42. The Morgan fingerprint density at radius 1 is 1.00 bits per heavy atom. The minimum atomic E-state index is -3.57. The van der Waals surface area contributed by atoms with Crippen LogP contribution in [0.2, 0.25) is 0 Å². The van der Waals surface area contributed by atoms with Crippen molar-refractivity contribution < 1.29 is 22.7 Å². The third-order valence-corrected chi connectivity index (χ3v) is 7.40. The second kappa shape index (κ2) is 9.03. The van der Waals surface area contributed by atoms with Gasteiger partial charge in [-0.2, -0.15) is 4.31 Å². The van der Waals surface area contributed by atoms with Gasteiger partial charge in [0.15, 0.2) is 0 Å². The average molecular weight is 438 g/mol. The first-order valence-corrected chi connectivity index (χ1v) is 11.8. The maximum absolute atomic E-state index is 12.7. The van der Waals surface area contributed by atoms with E-state index in [2.05, 4.69) is 5.32 Å². The molecule has 0 aromatic heterocycles. The summed E-state index contributed by atoms with van der Waals surface area (Å²) in [4.78, 5) is 27.0. The molecule has 1 aromatic rings. The van der Waals surface area contributed by atoms with E-state index in [-0.39, 0.29) is 22.8 Å². The van der Waals surface area contributed by atoms with Gasteiger partial charge in [-0.25, -0.2) is 8.42 Å². The molecule has 0 bridgehead atoms. The number of hydrogen-bond donors (Lipinski definition) is 1. The molecule has 1 aromatic carbocycles. The molecule has 2 aliphatic heterocycles. The van der Waals surface area contributed by atoms with Crippen LogP contribution in [-0.4, -0.2) is 74.9 Å². The van der Waals surface area contributed by atoms with Crippen LogP contribution in [0, 0.1) is 5.41 Å². The molecule has 0 saturated carbocycles. The van der Waals surface area contributed by atoms with Crippen LogP contribution in [0.5, 0.6) is 0 Å². The summed E-state index contributed by atoms with van der Waals surface area (Å²) in [6, 6.07) is 6.04. The molecule has 0 aliphatic carbocycles. The Hall–Kier alpha value is -1.97. The van der Waals surface area contributed by atoms with E-state index in [0.717, 1.165) is 0 Å². The largest absolute Gasteiger partial charge is 0.379 e. The highest BCUT2D eigenvalue weighted by Crippen LogP contribution is 2.22. The van der Waals surface area contributed by atoms with E-state index < -0.39 is 15.4 Å². The van der Waals surface area contributed by atoms with Crippen molar-refractivity contribution in [1.29, 1.82) is 0 Å². The topological polar surface area (TPSA) is 96.0 Å². The molecular formula is C21H31N3O5S. The number of benzene rings is 1. The van der Waals surface area contributed by atoms with Gasteiger partial charge in [-0.1, -0.05) is 20.8 Å². The highest BCUT2D eigenvalue weighted by Gasteiger charge is 2.31. The summed E-state index contributed by atoms with van der Waals surface area (Å²) >= 11 is 0. The van der Waals surface area contributed by atoms with Gasteiger partial charge in [-0.05, 0) is 37.1 Å². The van der Waals surface area contributed by atoms with E-state index in [0.29, 0.717) is 57.8 Å². The number of nitrogens with zero attached hydrogens (tertiary/aromatic N) is 2. The quantitative estimate of drug-likeness (QED) is 0.770. The van der Waals surface area contributed by atoms with Gasteiger partial charge in [0.25, 0.3) is 5.91 Å². The number of hydrogen-bond acceptors (Lipinski definition) is 5. The summed E-state index contributed by atoms with van der Waals surface area (Å²) in [6.07, 6.45) is 1.41. The van der Waals surface area contributed by atoms with Crippen LogP contribution in [0.4, 0.5) is 0 Å². The Bertz CT molecular complexity index is 863. The molecule has 0 atom stereocenters. The van der Waals surface area contributed by atoms with Crippen molar-refractivity contribution in [3.63, 3.8) is 0 Å². The van der Waals surface area contributed by atoms with E-state index in [9.17, 15) is 18.0 Å². The zero-order chi connectivity index (χ0) is 21.9. The van der Waals surface area contributed by atoms with Crippen molar-refractivity contribution in [2.24, 2.45) is 5.41 Å².